The Hall–Kier alpha value is -3.12. The minimum absolute atomic E-state index is 1.25. The van der Waals surface area contributed by atoms with Crippen LogP contribution >= 0.6 is 0 Å². The lowest BCUT2D eigenvalue weighted by molar-refractivity contribution is 1.45. The average molecular weight is 439 g/mol. The summed E-state index contributed by atoms with van der Waals surface area (Å²) in [6, 6.07) is 33.2. The zero-order valence-electron chi connectivity index (χ0n) is 22.2. The van der Waals surface area contributed by atoms with Crippen LogP contribution in [-0.2, 0) is 0 Å². The van der Waals surface area contributed by atoms with Crippen LogP contribution in [-0.4, -0.2) is 0 Å². The number of rotatable bonds is 3. The standard InChI is InChI=1S/C27H24.3C2H6/c1-19-4-10-22(11-5-19)25-16-26(23-12-6-20(2)7-13-23)18-27(17-25)24-14-8-21(3)9-15-24;3*1-2/h4-18H,1-3H3;3*1-2H3. The fourth-order valence-electron chi connectivity index (χ4n) is 3.37. The maximum atomic E-state index is 2.30. The van der Waals surface area contributed by atoms with Crippen molar-refractivity contribution in [3.63, 3.8) is 0 Å². The Labute approximate surface area is 203 Å². The molecule has 0 aliphatic heterocycles. The van der Waals surface area contributed by atoms with E-state index in [1.807, 2.05) is 41.5 Å². The van der Waals surface area contributed by atoms with Gasteiger partial charge in [0.05, 0.1) is 0 Å². The molecule has 0 heterocycles. The second kappa shape index (κ2) is 14.9. The van der Waals surface area contributed by atoms with E-state index in [4.69, 9.17) is 0 Å². The van der Waals surface area contributed by atoms with Crippen LogP contribution in [0.1, 0.15) is 58.2 Å². The lowest BCUT2D eigenvalue weighted by Gasteiger charge is -2.12. The molecule has 0 fully saturated rings. The van der Waals surface area contributed by atoms with Crippen molar-refractivity contribution in [2.75, 3.05) is 0 Å². The van der Waals surface area contributed by atoms with Gasteiger partial charge in [-0.3, -0.25) is 0 Å². The monoisotopic (exact) mass is 438 g/mol. The van der Waals surface area contributed by atoms with Gasteiger partial charge in [0.2, 0.25) is 0 Å². The summed E-state index contributed by atoms with van der Waals surface area (Å²) in [5.41, 5.74) is 11.4. The van der Waals surface area contributed by atoms with Gasteiger partial charge in [-0.1, -0.05) is 131 Å². The number of hydrogen-bond acceptors (Lipinski definition) is 0. The summed E-state index contributed by atoms with van der Waals surface area (Å²) < 4.78 is 0. The molecule has 174 valence electrons. The minimum Gasteiger partial charge on any atom is -0.0683 e. The normalized spacial score (nSPS) is 9.36. The van der Waals surface area contributed by atoms with Crippen molar-refractivity contribution in [1.29, 1.82) is 0 Å². The fraction of sp³-hybridized carbons (Fsp3) is 0.273. The predicted octanol–water partition coefficient (Wildman–Crippen LogP) is 10.7. The zero-order chi connectivity index (χ0) is 24.8. The average Bonchev–Trinajstić information content (AvgIpc) is 2.89. The molecule has 0 saturated carbocycles. The first-order valence-corrected chi connectivity index (χ1v) is 12.4. The summed E-state index contributed by atoms with van der Waals surface area (Å²) in [5, 5.41) is 0. The molecule has 4 rings (SSSR count). The molecular weight excluding hydrogens is 396 g/mol. The van der Waals surface area contributed by atoms with Crippen molar-refractivity contribution in [2.24, 2.45) is 0 Å². The van der Waals surface area contributed by atoms with Crippen LogP contribution in [0.5, 0.6) is 0 Å². The molecule has 0 unspecified atom stereocenters. The fourth-order valence-corrected chi connectivity index (χ4v) is 3.37. The maximum Gasteiger partial charge on any atom is -0.0172 e. The molecule has 0 aromatic heterocycles. The molecule has 0 N–H and O–H groups in total. The van der Waals surface area contributed by atoms with Crippen LogP contribution < -0.4 is 0 Å². The second-order valence-corrected chi connectivity index (χ2v) is 7.40. The van der Waals surface area contributed by atoms with E-state index in [0.717, 1.165) is 0 Å². The molecule has 0 radical (unpaired) electrons. The molecule has 0 aliphatic rings. The molecule has 33 heavy (non-hydrogen) atoms. The smallest absolute Gasteiger partial charge is 0.0172 e. The summed E-state index contributed by atoms with van der Waals surface area (Å²) >= 11 is 0. The van der Waals surface area contributed by atoms with Crippen molar-refractivity contribution in [1.82, 2.24) is 0 Å². The van der Waals surface area contributed by atoms with Gasteiger partial charge < -0.3 is 0 Å². The van der Waals surface area contributed by atoms with Crippen LogP contribution in [0.4, 0.5) is 0 Å². The molecule has 0 saturated heterocycles. The Bertz CT molecular complexity index is 897. The largest absolute Gasteiger partial charge is 0.0683 e. The van der Waals surface area contributed by atoms with Crippen molar-refractivity contribution < 1.29 is 0 Å². The highest BCUT2D eigenvalue weighted by molar-refractivity contribution is 5.81. The van der Waals surface area contributed by atoms with E-state index in [1.165, 1.54) is 50.1 Å². The van der Waals surface area contributed by atoms with E-state index in [9.17, 15) is 0 Å². The van der Waals surface area contributed by atoms with Gasteiger partial charge in [0.15, 0.2) is 0 Å². The van der Waals surface area contributed by atoms with E-state index < -0.39 is 0 Å². The lowest BCUT2D eigenvalue weighted by Crippen LogP contribution is -1.87. The van der Waals surface area contributed by atoms with Gasteiger partial charge in [-0.2, -0.15) is 0 Å². The van der Waals surface area contributed by atoms with Crippen LogP contribution in [0.25, 0.3) is 33.4 Å². The molecule has 0 heteroatoms. The zero-order valence-corrected chi connectivity index (χ0v) is 22.2. The number of hydrogen-bond donors (Lipinski definition) is 0. The molecule has 4 aromatic carbocycles. The molecule has 0 amide bonds. The molecule has 0 spiro atoms. The Kier molecular flexibility index (Phi) is 12.6. The van der Waals surface area contributed by atoms with E-state index in [2.05, 4.69) is 112 Å². The van der Waals surface area contributed by atoms with Gasteiger partial charge in [-0.25, -0.2) is 0 Å². The summed E-state index contributed by atoms with van der Waals surface area (Å²) in [6.07, 6.45) is 0. The van der Waals surface area contributed by atoms with E-state index in [0.29, 0.717) is 0 Å². The third-order valence-corrected chi connectivity index (χ3v) is 5.09. The van der Waals surface area contributed by atoms with Gasteiger partial charge >= 0.3 is 0 Å². The van der Waals surface area contributed by atoms with Crippen molar-refractivity contribution in [3.05, 3.63) is 108 Å². The van der Waals surface area contributed by atoms with Crippen LogP contribution in [0.3, 0.4) is 0 Å². The van der Waals surface area contributed by atoms with Crippen molar-refractivity contribution >= 4 is 0 Å². The minimum atomic E-state index is 1.25. The molecular formula is C33H42. The van der Waals surface area contributed by atoms with Gasteiger partial charge in [0.1, 0.15) is 0 Å². The van der Waals surface area contributed by atoms with Gasteiger partial charge in [0.25, 0.3) is 0 Å². The van der Waals surface area contributed by atoms with Gasteiger partial charge in [0, 0.05) is 0 Å². The van der Waals surface area contributed by atoms with E-state index >= 15 is 0 Å². The summed E-state index contributed by atoms with van der Waals surface area (Å²) in [7, 11) is 0. The Morgan fingerprint density at radius 1 is 0.273 bits per heavy atom. The third-order valence-electron chi connectivity index (χ3n) is 5.09. The van der Waals surface area contributed by atoms with Crippen molar-refractivity contribution in [2.45, 2.75) is 62.3 Å². The Morgan fingerprint density at radius 3 is 0.636 bits per heavy atom. The Balaban J connectivity index is 0.000000841. The molecule has 0 nitrogen and oxygen atoms in total. The van der Waals surface area contributed by atoms with Crippen molar-refractivity contribution in [3.8, 4) is 33.4 Å². The Morgan fingerprint density at radius 2 is 0.455 bits per heavy atom. The highest BCUT2D eigenvalue weighted by Gasteiger charge is 2.07. The quantitative estimate of drug-likeness (QED) is 0.298. The molecule has 0 atom stereocenters. The highest BCUT2D eigenvalue weighted by Crippen LogP contribution is 2.33. The first-order valence-electron chi connectivity index (χ1n) is 12.4. The topological polar surface area (TPSA) is 0 Å². The maximum absolute atomic E-state index is 2.30. The van der Waals surface area contributed by atoms with Crippen LogP contribution in [0, 0.1) is 20.8 Å². The lowest BCUT2D eigenvalue weighted by atomic mass is 9.92. The number of aryl methyl sites for hydroxylation is 3. The first-order chi connectivity index (χ1) is 16.1. The second-order valence-electron chi connectivity index (χ2n) is 7.40. The van der Waals surface area contributed by atoms with Crippen LogP contribution in [0.15, 0.2) is 91.0 Å². The third kappa shape index (κ3) is 8.06. The van der Waals surface area contributed by atoms with Gasteiger partial charge in [-0.05, 0) is 72.4 Å². The van der Waals surface area contributed by atoms with E-state index in [-0.39, 0.29) is 0 Å². The molecule has 0 aliphatic carbocycles. The summed E-state index contributed by atoms with van der Waals surface area (Å²) in [6.45, 7) is 18.4. The van der Waals surface area contributed by atoms with E-state index in [1.54, 1.807) is 0 Å². The molecule has 0 bridgehead atoms. The van der Waals surface area contributed by atoms with Crippen LogP contribution in [0.2, 0.25) is 0 Å². The van der Waals surface area contributed by atoms with Gasteiger partial charge in [-0.15, -0.1) is 0 Å². The molecule has 4 aromatic rings. The number of benzene rings is 4. The summed E-state index contributed by atoms with van der Waals surface area (Å²) in [4.78, 5) is 0. The first kappa shape index (κ1) is 27.9. The highest BCUT2D eigenvalue weighted by atomic mass is 14.1. The summed E-state index contributed by atoms with van der Waals surface area (Å²) in [5.74, 6) is 0. The predicted molar refractivity (Wildman–Crippen MR) is 151 cm³/mol. The SMILES string of the molecule is CC.CC.CC.Cc1ccc(-c2cc(-c3ccc(C)cc3)cc(-c3ccc(C)cc3)c2)cc1.